The number of piperidine rings is 1. The number of amides is 1. The van der Waals surface area contributed by atoms with Crippen molar-refractivity contribution in [3.63, 3.8) is 0 Å². The van der Waals surface area contributed by atoms with E-state index < -0.39 is 23.8 Å². The Morgan fingerprint density at radius 3 is 2.57 bits per heavy atom. The topological polar surface area (TPSA) is 63.7 Å². The number of halogens is 2. The summed E-state index contributed by atoms with van der Waals surface area (Å²) in [4.78, 5) is 18.6. The van der Waals surface area contributed by atoms with Crippen molar-refractivity contribution in [1.29, 1.82) is 0 Å². The van der Waals surface area contributed by atoms with Crippen molar-refractivity contribution in [1.82, 2.24) is 15.2 Å². The quantitative estimate of drug-likeness (QED) is 0.568. The minimum Gasteiger partial charge on any atom is -0.453 e. The number of likely N-dealkylation sites (tertiary alicyclic amines) is 1. The summed E-state index contributed by atoms with van der Waals surface area (Å²) in [6.45, 7) is 3.27. The van der Waals surface area contributed by atoms with Gasteiger partial charge in [-0.05, 0) is 53.3 Å². The molecule has 1 saturated heterocycles. The van der Waals surface area contributed by atoms with Crippen LogP contribution in [0.5, 0.6) is 0 Å². The predicted molar refractivity (Wildman–Crippen MR) is 125 cm³/mol. The van der Waals surface area contributed by atoms with E-state index in [0.29, 0.717) is 12.2 Å². The largest absolute Gasteiger partial charge is 0.453 e. The van der Waals surface area contributed by atoms with Crippen molar-refractivity contribution in [2.45, 2.75) is 37.6 Å². The minimum absolute atomic E-state index is 0.221. The van der Waals surface area contributed by atoms with E-state index in [0.717, 1.165) is 55.7 Å². The first kappa shape index (κ1) is 23.4. The average molecular weight is 480 g/mol. The fourth-order valence-electron chi connectivity index (χ4n) is 5.04. The van der Waals surface area contributed by atoms with Crippen LogP contribution in [-0.2, 0) is 28.2 Å². The lowest BCUT2D eigenvalue weighted by Crippen LogP contribution is -2.42. The molecule has 2 aliphatic heterocycles. The number of methoxy groups -OCH3 is 1. The van der Waals surface area contributed by atoms with Gasteiger partial charge in [-0.3, -0.25) is 9.88 Å². The molecule has 0 saturated carbocycles. The number of ether oxygens (including phenoxy) is 2. The highest BCUT2D eigenvalue weighted by atomic mass is 19.2. The lowest BCUT2D eigenvalue weighted by atomic mass is 9.84. The number of hydrogen-bond acceptors (Lipinski definition) is 5. The Morgan fingerprint density at radius 1 is 1.11 bits per heavy atom. The first-order valence-electron chi connectivity index (χ1n) is 11.7. The van der Waals surface area contributed by atoms with Gasteiger partial charge in [0.25, 0.3) is 0 Å². The van der Waals surface area contributed by atoms with Gasteiger partial charge in [0.15, 0.2) is 11.6 Å². The number of benzene rings is 2. The molecule has 2 aliphatic rings. The Morgan fingerprint density at radius 2 is 1.86 bits per heavy atom. The molecule has 1 amide bonds. The van der Waals surface area contributed by atoms with Crippen LogP contribution in [0, 0.1) is 11.6 Å². The Kier molecular flexibility index (Phi) is 6.49. The number of nitrogens with one attached hydrogen (secondary N) is 1. The first-order chi connectivity index (χ1) is 17.0. The lowest BCUT2D eigenvalue weighted by molar-refractivity contribution is -0.0800. The second-order valence-corrected chi connectivity index (χ2v) is 9.08. The van der Waals surface area contributed by atoms with Crippen molar-refractivity contribution in [2.24, 2.45) is 0 Å². The monoisotopic (exact) mass is 479 g/mol. The van der Waals surface area contributed by atoms with Crippen LogP contribution >= 0.6 is 0 Å². The molecule has 1 aromatic heterocycles. The van der Waals surface area contributed by atoms with Crippen LogP contribution in [0.15, 0.2) is 60.9 Å². The number of hydrogen-bond donors (Lipinski definition) is 1. The second-order valence-electron chi connectivity index (χ2n) is 9.08. The minimum atomic E-state index is -0.969. The van der Waals surface area contributed by atoms with Gasteiger partial charge in [-0.25, -0.2) is 13.6 Å². The summed E-state index contributed by atoms with van der Waals surface area (Å²) in [6.07, 6.45) is 4.95. The fraction of sp³-hybridized carbons (Fsp3) is 0.333. The summed E-state index contributed by atoms with van der Waals surface area (Å²) in [5.41, 5.74) is 4.54. The Bertz CT molecular complexity index is 1210. The van der Waals surface area contributed by atoms with Crippen molar-refractivity contribution in [2.75, 3.05) is 20.2 Å². The van der Waals surface area contributed by atoms with Crippen LogP contribution < -0.4 is 5.32 Å². The lowest BCUT2D eigenvalue weighted by Gasteiger charge is -2.39. The third kappa shape index (κ3) is 4.76. The zero-order chi connectivity index (χ0) is 24.4. The number of alkyl carbamates (subject to hydrolysis) is 1. The molecule has 5 rings (SSSR count). The SMILES string of the molecule is COC(=O)NC(c1ccc(CN2CCC3(CC2)OCc2ccncc23)cc1)c1ccc(F)c(F)c1. The van der Waals surface area contributed by atoms with Crippen molar-refractivity contribution < 1.29 is 23.0 Å². The van der Waals surface area contributed by atoms with E-state index in [2.05, 4.69) is 15.2 Å². The molecule has 1 atom stereocenters. The third-order valence-electron chi connectivity index (χ3n) is 7.01. The van der Waals surface area contributed by atoms with Crippen LogP contribution in [0.3, 0.4) is 0 Å². The number of carbonyl (C=O) groups excluding carboxylic acids is 1. The number of rotatable bonds is 5. The molecule has 0 bridgehead atoms. The number of carbonyl (C=O) groups is 1. The molecule has 1 unspecified atom stereocenters. The van der Waals surface area contributed by atoms with Crippen LogP contribution in [0.1, 0.15) is 46.7 Å². The summed E-state index contributed by atoms with van der Waals surface area (Å²) >= 11 is 0. The highest BCUT2D eigenvalue weighted by Crippen LogP contribution is 2.43. The summed E-state index contributed by atoms with van der Waals surface area (Å²) in [6, 6.07) is 12.7. The molecule has 3 heterocycles. The average Bonchev–Trinajstić information content (AvgIpc) is 3.24. The molecule has 1 N–H and O–H groups in total. The summed E-state index contributed by atoms with van der Waals surface area (Å²) < 4.78 is 38.2. The maximum atomic E-state index is 13.9. The van der Waals surface area contributed by atoms with Crippen molar-refractivity contribution >= 4 is 6.09 Å². The third-order valence-corrected chi connectivity index (χ3v) is 7.01. The molecule has 1 spiro atoms. The maximum Gasteiger partial charge on any atom is 0.407 e. The van der Waals surface area contributed by atoms with Gasteiger partial charge in [0.05, 0.1) is 25.4 Å². The molecule has 0 radical (unpaired) electrons. The fourth-order valence-corrected chi connectivity index (χ4v) is 5.04. The van der Waals surface area contributed by atoms with Gasteiger partial charge >= 0.3 is 6.09 Å². The van der Waals surface area contributed by atoms with Gasteiger partial charge in [-0.15, -0.1) is 0 Å². The van der Waals surface area contributed by atoms with E-state index in [9.17, 15) is 13.6 Å². The van der Waals surface area contributed by atoms with Crippen molar-refractivity contribution in [3.8, 4) is 0 Å². The van der Waals surface area contributed by atoms with Gasteiger partial charge in [0.2, 0.25) is 0 Å². The van der Waals surface area contributed by atoms with E-state index in [1.54, 1.807) is 0 Å². The number of pyridine rings is 1. The highest BCUT2D eigenvalue weighted by molar-refractivity contribution is 5.68. The van der Waals surface area contributed by atoms with Crippen LogP contribution in [-0.4, -0.2) is 36.2 Å². The number of aromatic nitrogens is 1. The molecular weight excluding hydrogens is 452 g/mol. The number of nitrogens with zero attached hydrogens (tertiary/aromatic N) is 2. The second kappa shape index (κ2) is 9.71. The van der Waals surface area contributed by atoms with Gasteiger partial charge in [0.1, 0.15) is 0 Å². The molecule has 35 heavy (non-hydrogen) atoms. The van der Waals surface area contributed by atoms with Crippen molar-refractivity contribution in [3.05, 3.63) is 100 Å². The predicted octanol–water partition coefficient (Wildman–Crippen LogP) is 4.83. The highest BCUT2D eigenvalue weighted by Gasteiger charge is 2.42. The van der Waals surface area contributed by atoms with E-state index in [4.69, 9.17) is 9.47 Å². The van der Waals surface area contributed by atoms with E-state index in [1.165, 1.54) is 24.3 Å². The molecule has 0 aliphatic carbocycles. The molecule has 1 fully saturated rings. The van der Waals surface area contributed by atoms with Gasteiger partial charge < -0.3 is 14.8 Å². The zero-order valence-electron chi connectivity index (χ0n) is 19.5. The van der Waals surface area contributed by atoms with Crippen LogP contribution in [0.25, 0.3) is 0 Å². The van der Waals surface area contributed by atoms with Gasteiger partial charge in [-0.1, -0.05) is 30.3 Å². The number of fused-ring (bicyclic) bond motifs is 2. The molecule has 182 valence electrons. The molecule has 6 nitrogen and oxygen atoms in total. The first-order valence-corrected chi connectivity index (χ1v) is 11.7. The molecule has 3 aromatic rings. The van der Waals surface area contributed by atoms with E-state index in [-0.39, 0.29) is 5.60 Å². The molecule has 2 aromatic carbocycles. The molecular formula is C27H27F2N3O3. The van der Waals surface area contributed by atoms with Crippen LogP contribution in [0.4, 0.5) is 13.6 Å². The van der Waals surface area contributed by atoms with Crippen LogP contribution in [0.2, 0.25) is 0 Å². The Hall–Kier alpha value is -3.36. The normalized spacial score (nSPS) is 17.7. The standard InChI is InChI=1S/C27H27F2N3O3/c1-34-26(33)31-25(20-6-7-23(28)24(29)14-20)19-4-2-18(3-5-19)16-32-12-9-27(10-13-32)22-15-30-11-8-21(22)17-35-27/h2-8,11,14-15,25H,9-10,12-13,16-17H2,1H3,(H,31,33). The smallest absolute Gasteiger partial charge is 0.407 e. The van der Waals surface area contributed by atoms with E-state index >= 15 is 0 Å². The maximum absolute atomic E-state index is 13.9. The Labute approximate surface area is 202 Å². The molecule has 8 heteroatoms. The van der Waals surface area contributed by atoms with E-state index in [1.807, 2.05) is 42.7 Å². The summed E-state index contributed by atoms with van der Waals surface area (Å²) in [7, 11) is 1.26. The zero-order valence-corrected chi connectivity index (χ0v) is 19.5. The van der Waals surface area contributed by atoms with Gasteiger partial charge in [0, 0.05) is 37.6 Å². The van der Waals surface area contributed by atoms with Gasteiger partial charge in [-0.2, -0.15) is 0 Å². The summed E-state index contributed by atoms with van der Waals surface area (Å²) in [5, 5.41) is 2.70. The Balaban J connectivity index is 1.26. The summed E-state index contributed by atoms with van der Waals surface area (Å²) in [5.74, 6) is -1.91.